The van der Waals surface area contributed by atoms with Crippen LogP contribution in [0.15, 0.2) is 64.2 Å². The van der Waals surface area contributed by atoms with Gasteiger partial charge in [-0.3, -0.25) is 4.79 Å². The summed E-state index contributed by atoms with van der Waals surface area (Å²) >= 11 is 1.26. The maximum Gasteiger partial charge on any atom is 0.277 e. The van der Waals surface area contributed by atoms with Gasteiger partial charge in [-0.1, -0.05) is 47.7 Å². The van der Waals surface area contributed by atoms with Gasteiger partial charge in [-0.15, -0.1) is 10.2 Å². The Morgan fingerprint density at radius 3 is 2.60 bits per heavy atom. The molecule has 0 fully saturated rings. The molecule has 0 aliphatic heterocycles. The molecule has 0 unspecified atom stereocenters. The Morgan fingerprint density at radius 2 is 1.88 bits per heavy atom. The van der Waals surface area contributed by atoms with Gasteiger partial charge < -0.3 is 9.32 Å². The molecule has 0 bridgehead atoms. The van der Waals surface area contributed by atoms with Crippen LogP contribution >= 0.6 is 11.8 Å². The van der Waals surface area contributed by atoms with Crippen LogP contribution in [-0.4, -0.2) is 28.4 Å². The Bertz CT molecular complexity index is 864. The molecule has 5 nitrogen and oxygen atoms in total. The first-order chi connectivity index (χ1) is 12.0. The molecule has 0 spiro atoms. The molecular formula is C19H19N3O2S. The van der Waals surface area contributed by atoms with E-state index in [1.54, 1.807) is 11.9 Å². The topological polar surface area (TPSA) is 59.2 Å². The number of hydrogen-bond acceptors (Lipinski definition) is 5. The van der Waals surface area contributed by atoms with Crippen molar-refractivity contribution in [3.05, 3.63) is 60.2 Å². The number of carbonyl (C=O) groups excluding carboxylic acids is 1. The summed E-state index contributed by atoms with van der Waals surface area (Å²) in [4.78, 5) is 14.2. The molecule has 1 atom stereocenters. The van der Waals surface area contributed by atoms with E-state index >= 15 is 0 Å². The number of benzene rings is 2. The van der Waals surface area contributed by atoms with Gasteiger partial charge in [0.15, 0.2) is 0 Å². The van der Waals surface area contributed by atoms with E-state index in [4.69, 9.17) is 4.42 Å². The Labute approximate surface area is 151 Å². The number of anilines is 1. The van der Waals surface area contributed by atoms with Crippen molar-refractivity contribution in [3.63, 3.8) is 0 Å². The number of para-hydroxylation sites is 1. The number of hydrogen-bond donors (Lipinski definition) is 0. The van der Waals surface area contributed by atoms with Crippen LogP contribution in [0.5, 0.6) is 0 Å². The molecule has 128 valence electrons. The van der Waals surface area contributed by atoms with Crippen LogP contribution in [0.1, 0.15) is 12.5 Å². The number of aromatic nitrogens is 2. The van der Waals surface area contributed by atoms with Gasteiger partial charge in [-0.05, 0) is 38.1 Å². The smallest absolute Gasteiger partial charge is 0.277 e. The first-order valence-electron chi connectivity index (χ1n) is 7.94. The fourth-order valence-electron chi connectivity index (χ4n) is 2.41. The van der Waals surface area contributed by atoms with Crippen LogP contribution in [0, 0.1) is 6.92 Å². The summed E-state index contributed by atoms with van der Waals surface area (Å²) in [6, 6.07) is 17.4. The van der Waals surface area contributed by atoms with Crippen molar-refractivity contribution < 1.29 is 9.21 Å². The zero-order valence-electron chi connectivity index (χ0n) is 14.3. The first-order valence-corrected chi connectivity index (χ1v) is 8.82. The molecule has 0 saturated carbocycles. The fourth-order valence-corrected chi connectivity index (χ4v) is 3.18. The largest absolute Gasteiger partial charge is 0.411 e. The normalized spacial score (nSPS) is 12.0. The summed E-state index contributed by atoms with van der Waals surface area (Å²) in [6.45, 7) is 3.85. The average Bonchev–Trinajstić information content (AvgIpc) is 3.09. The Kier molecular flexibility index (Phi) is 5.19. The molecule has 25 heavy (non-hydrogen) atoms. The molecule has 1 aromatic heterocycles. The molecule has 0 saturated heterocycles. The van der Waals surface area contributed by atoms with E-state index in [-0.39, 0.29) is 11.2 Å². The SMILES string of the molecule is Cc1cccc(-c2nnc(S[C@@H](C)C(=O)N(C)c3ccccc3)o2)c1. The van der Waals surface area contributed by atoms with Crippen molar-refractivity contribution in [1.82, 2.24) is 10.2 Å². The molecule has 0 N–H and O–H groups in total. The third kappa shape index (κ3) is 4.09. The van der Waals surface area contributed by atoms with Crippen molar-refractivity contribution >= 4 is 23.4 Å². The second kappa shape index (κ2) is 7.53. The molecule has 3 rings (SSSR count). The van der Waals surface area contributed by atoms with E-state index in [0.717, 1.165) is 16.8 Å². The van der Waals surface area contributed by atoms with E-state index in [1.165, 1.54) is 11.8 Å². The maximum atomic E-state index is 12.6. The summed E-state index contributed by atoms with van der Waals surface area (Å²) in [7, 11) is 1.76. The van der Waals surface area contributed by atoms with E-state index in [0.29, 0.717) is 11.1 Å². The van der Waals surface area contributed by atoms with Crippen LogP contribution < -0.4 is 4.90 Å². The monoisotopic (exact) mass is 353 g/mol. The summed E-state index contributed by atoms with van der Waals surface area (Å²) in [5.41, 5.74) is 2.85. The van der Waals surface area contributed by atoms with E-state index < -0.39 is 0 Å². The van der Waals surface area contributed by atoms with Gasteiger partial charge in [-0.2, -0.15) is 0 Å². The van der Waals surface area contributed by atoms with Crippen LogP contribution in [0.25, 0.3) is 11.5 Å². The third-order valence-electron chi connectivity index (χ3n) is 3.77. The van der Waals surface area contributed by atoms with Crippen LogP contribution in [0.4, 0.5) is 5.69 Å². The summed E-state index contributed by atoms with van der Waals surface area (Å²) in [5, 5.41) is 8.18. The molecule has 1 heterocycles. The van der Waals surface area contributed by atoms with E-state index in [9.17, 15) is 4.79 Å². The zero-order chi connectivity index (χ0) is 17.8. The lowest BCUT2D eigenvalue weighted by molar-refractivity contribution is -0.117. The summed E-state index contributed by atoms with van der Waals surface area (Å²) in [5.74, 6) is 0.439. The quantitative estimate of drug-likeness (QED) is 0.644. The van der Waals surface area contributed by atoms with Gasteiger partial charge in [-0.25, -0.2) is 0 Å². The maximum absolute atomic E-state index is 12.6. The molecule has 0 radical (unpaired) electrons. The molecule has 6 heteroatoms. The van der Waals surface area contributed by atoms with Crippen LogP contribution in [-0.2, 0) is 4.79 Å². The highest BCUT2D eigenvalue weighted by atomic mass is 32.2. The molecule has 1 amide bonds. The second-order valence-corrected chi connectivity index (χ2v) is 7.03. The Morgan fingerprint density at radius 1 is 1.12 bits per heavy atom. The highest BCUT2D eigenvalue weighted by Gasteiger charge is 2.22. The number of aryl methyl sites for hydroxylation is 1. The second-order valence-electron chi connectivity index (χ2n) is 5.74. The first kappa shape index (κ1) is 17.2. The van der Waals surface area contributed by atoms with Gasteiger partial charge in [0, 0.05) is 18.3 Å². The minimum Gasteiger partial charge on any atom is -0.411 e. The Balaban J connectivity index is 1.69. The van der Waals surface area contributed by atoms with E-state index in [1.807, 2.05) is 68.4 Å². The van der Waals surface area contributed by atoms with Gasteiger partial charge in [0.05, 0.1) is 5.25 Å². The third-order valence-corrected chi connectivity index (χ3v) is 4.69. The standard InChI is InChI=1S/C19H19N3O2S/c1-13-8-7-9-15(12-13)17-20-21-19(24-17)25-14(2)18(23)22(3)16-10-5-4-6-11-16/h4-12,14H,1-3H3/t14-/m0/s1. The summed E-state index contributed by atoms with van der Waals surface area (Å²) in [6.07, 6.45) is 0. The fraction of sp³-hybridized carbons (Fsp3) is 0.211. The minimum atomic E-state index is -0.337. The molecule has 0 aliphatic rings. The average molecular weight is 353 g/mol. The van der Waals surface area contributed by atoms with Gasteiger partial charge in [0.2, 0.25) is 11.8 Å². The number of nitrogens with zero attached hydrogens (tertiary/aromatic N) is 3. The van der Waals surface area contributed by atoms with Crippen molar-refractivity contribution in [3.8, 4) is 11.5 Å². The number of thioether (sulfide) groups is 1. The van der Waals surface area contributed by atoms with Crippen molar-refractivity contribution in [2.75, 3.05) is 11.9 Å². The van der Waals surface area contributed by atoms with Crippen LogP contribution in [0.3, 0.4) is 0 Å². The zero-order valence-corrected chi connectivity index (χ0v) is 15.2. The molecule has 2 aromatic carbocycles. The van der Waals surface area contributed by atoms with Crippen LogP contribution in [0.2, 0.25) is 0 Å². The summed E-state index contributed by atoms with van der Waals surface area (Å²) < 4.78 is 5.70. The molecule has 0 aliphatic carbocycles. The lowest BCUT2D eigenvalue weighted by Crippen LogP contribution is -2.33. The van der Waals surface area contributed by atoms with Crippen molar-refractivity contribution in [1.29, 1.82) is 0 Å². The van der Waals surface area contributed by atoms with Crippen molar-refractivity contribution in [2.45, 2.75) is 24.3 Å². The molecule has 3 aromatic rings. The predicted octanol–water partition coefficient (Wildman–Crippen LogP) is 4.19. The highest BCUT2D eigenvalue weighted by molar-refractivity contribution is 8.00. The number of amides is 1. The molecular weight excluding hydrogens is 334 g/mol. The minimum absolute atomic E-state index is 0.0218. The van der Waals surface area contributed by atoms with Crippen molar-refractivity contribution in [2.24, 2.45) is 0 Å². The highest BCUT2D eigenvalue weighted by Crippen LogP contribution is 2.28. The lowest BCUT2D eigenvalue weighted by Gasteiger charge is -2.20. The number of carbonyl (C=O) groups is 1. The van der Waals surface area contributed by atoms with Gasteiger partial charge >= 0.3 is 0 Å². The van der Waals surface area contributed by atoms with Gasteiger partial charge in [0.1, 0.15) is 0 Å². The predicted molar refractivity (Wildman–Crippen MR) is 99.6 cm³/mol. The van der Waals surface area contributed by atoms with E-state index in [2.05, 4.69) is 10.2 Å². The van der Waals surface area contributed by atoms with Gasteiger partial charge in [0.25, 0.3) is 5.22 Å². The lowest BCUT2D eigenvalue weighted by atomic mass is 10.1. The number of rotatable bonds is 5. The Hall–Kier alpha value is -2.60.